The van der Waals surface area contributed by atoms with Crippen LogP contribution < -0.4 is 10.6 Å². The number of aliphatic imine (C=N–C) groups is 1. The number of hydrogen-bond acceptors (Lipinski definition) is 3. The van der Waals surface area contributed by atoms with Gasteiger partial charge in [0.2, 0.25) is 0 Å². The summed E-state index contributed by atoms with van der Waals surface area (Å²) in [4.78, 5) is 4.72. The van der Waals surface area contributed by atoms with Crippen molar-refractivity contribution in [1.29, 1.82) is 0 Å². The monoisotopic (exact) mass is 405 g/mol. The van der Waals surface area contributed by atoms with Gasteiger partial charge in [-0.15, -0.1) is 0 Å². The van der Waals surface area contributed by atoms with Crippen molar-refractivity contribution >= 4 is 17.7 Å². The van der Waals surface area contributed by atoms with Crippen LogP contribution in [0.1, 0.15) is 48.8 Å². The highest BCUT2D eigenvalue weighted by atomic mass is 32.2. The molecule has 0 saturated heterocycles. The van der Waals surface area contributed by atoms with Gasteiger partial charge in [0.05, 0.1) is 12.2 Å². The summed E-state index contributed by atoms with van der Waals surface area (Å²) < 4.78 is 15.5. The van der Waals surface area contributed by atoms with Gasteiger partial charge in [0.15, 0.2) is 5.96 Å². The largest absolute Gasteiger partial charge is 0.357 e. The molecule has 5 nitrogen and oxygen atoms in total. The normalized spacial score (nSPS) is 11.7. The molecule has 0 aliphatic carbocycles. The average Bonchev–Trinajstić information content (AvgIpc) is 3.00. The van der Waals surface area contributed by atoms with E-state index in [1.807, 2.05) is 31.0 Å². The molecule has 154 valence electrons. The first kappa shape index (κ1) is 22.3. The number of hydrogen-bond donors (Lipinski definition) is 2. The van der Waals surface area contributed by atoms with E-state index < -0.39 is 0 Å². The molecule has 0 spiro atoms. The Morgan fingerprint density at radius 1 is 1.18 bits per heavy atom. The van der Waals surface area contributed by atoms with Crippen LogP contribution in [-0.2, 0) is 38.7 Å². The molecule has 0 fully saturated rings. The smallest absolute Gasteiger partial charge is 0.191 e. The average molecular weight is 406 g/mol. The summed E-state index contributed by atoms with van der Waals surface area (Å²) in [5.74, 6) is 1.34. The summed E-state index contributed by atoms with van der Waals surface area (Å²) in [6.45, 7) is 8.31. The van der Waals surface area contributed by atoms with E-state index in [0.717, 1.165) is 47.9 Å². The fraction of sp³-hybridized carbons (Fsp3) is 0.524. The molecule has 0 unspecified atom stereocenters. The summed E-state index contributed by atoms with van der Waals surface area (Å²) in [5, 5.41) is 11.4. The highest BCUT2D eigenvalue weighted by molar-refractivity contribution is 7.97. The third kappa shape index (κ3) is 5.74. The van der Waals surface area contributed by atoms with Crippen LogP contribution in [0.3, 0.4) is 0 Å². The van der Waals surface area contributed by atoms with Gasteiger partial charge >= 0.3 is 0 Å². The van der Waals surface area contributed by atoms with E-state index in [9.17, 15) is 4.39 Å². The van der Waals surface area contributed by atoms with Crippen molar-refractivity contribution in [3.05, 3.63) is 52.1 Å². The molecule has 0 saturated carbocycles. The fourth-order valence-corrected chi connectivity index (χ4v) is 3.89. The maximum Gasteiger partial charge on any atom is 0.191 e. The molecule has 0 aliphatic heterocycles. The van der Waals surface area contributed by atoms with Crippen molar-refractivity contribution in [2.24, 2.45) is 12.0 Å². The number of nitrogens with one attached hydrogen (secondary N) is 2. The minimum absolute atomic E-state index is 0.197. The molecule has 7 heteroatoms. The van der Waals surface area contributed by atoms with Gasteiger partial charge in [0.1, 0.15) is 5.82 Å². The van der Waals surface area contributed by atoms with Crippen molar-refractivity contribution in [3.8, 4) is 0 Å². The zero-order chi connectivity index (χ0) is 20.5. The van der Waals surface area contributed by atoms with Gasteiger partial charge in [-0.05, 0) is 49.3 Å². The molecule has 2 aromatic rings. The first-order chi connectivity index (χ1) is 13.5. The minimum atomic E-state index is -0.197. The van der Waals surface area contributed by atoms with E-state index in [1.165, 1.54) is 17.3 Å². The van der Waals surface area contributed by atoms with Gasteiger partial charge in [-0.2, -0.15) is 16.9 Å². The SMILES string of the molecule is CCNC(=NCc1ccc(F)cc1CSC)NCc1c(CC)nn(C)c1CC. The molecule has 0 aliphatic rings. The molecule has 0 amide bonds. The molecule has 28 heavy (non-hydrogen) atoms. The van der Waals surface area contributed by atoms with E-state index in [2.05, 4.69) is 29.6 Å². The Bertz CT molecular complexity index is 800. The van der Waals surface area contributed by atoms with Crippen molar-refractivity contribution in [1.82, 2.24) is 20.4 Å². The molecule has 0 atom stereocenters. The van der Waals surface area contributed by atoms with Gasteiger partial charge in [-0.1, -0.05) is 19.9 Å². The molecule has 0 radical (unpaired) electrons. The lowest BCUT2D eigenvalue weighted by Gasteiger charge is -2.13. The van der Waals surface area contributed by atoms with E-state index in [4.69, 9.17) is 4.99 Å². The lowest BCUT2D eigenvalue weighted by atomic mass is 10.1. The number of guanidine groups is 1. The number of nitrogens with zero attached hydrogens (tertiary/aromatic N) is 3. The summed E-state index contributed by atoms with van der Waals surface area (Å²) >= 11 is 1.68. The highest BCUT2D eigenvalue weighted by Crippen LogP contribution is 2.18. The third-order valence-electron chi connectivity index (χ3n) is 4.68. The molecule has 0 bridgehead atoms. The van der Waals surface area contributed by atoms with Gasteiger partial charge < -0.3 is 10.6 Å². The summed E-state index contributed by atoms with van der Waals surface area (Å²) in [6, 6.07) is 4.95. The Hall–Kier alpha value is -2.02. The van der Waals surface area contributed by atoms with Crippen molar-refractivity contribution in [3.63, 3.8) is 0 Å². The van der Waals surface area contributed by atoms with E-state index in [1.54, 1.807) is 17.8 Å². The Kier molecular flexibility index (Phi) is 8.83. The maximum atomic E-state index is 13.6. The van der Waals surface area contributed by atoms with Crippen LogP contribution in [-0.4, -0.2) is 28.5 Å². The Morgan fingerprint density at radius 2 is 1.96 bits per heavy atom. The van der Waals surface area contributed by atoms with Crippen LogP contribution >= 0.6 is 11.8 Å². The van der Waals surface area contributed by atoms with E-state index >= 15 is 0 Å². The van der Waals surface area contributed by atoms with E-state index in [0.29, 0.717) is 13.1 Å². The second-order valence-electron chi connectivity index (χ2n) is 6.60. The van der Waals surface area contributed by atoms with Crippen molar-refractivity contribution in [2.75, 3.05) is 12.8 Å². The minimum Gasteiger partial charge on any atom is -0.357 e. The molecule has 1 heterocycles. The predicted octanol–water partition coefficient (Wildman–Crippen LogP) is 3.80. The highest BCUT2D eigenvalue weighted by Gasteiger charge is 2.14. The second kappa shape index (κ2) is 11.1. The first-order valence-corrected chi connectivity index (χ1v) is 11.2. The number of aryl methyl sites for hydroxylation is 2. The summed E-state index contributed by atoms with van der Waals surface area (Å²) in [6.07, 6.45) is 3.88. The number of halogens is 1. The van der Waals surface area contributed by atoms with Gasteiger partial charge in [0, 0.05) is 37.1 Å². The molecular formula is C21H32FN5S. The quantitative estimate of drug-likeness (QED) is 0.492. The molecular weight excluding hydrogens is 373 g/mol. The standard InChI is InChI=1S/C21H32FN5S/c1-6-19-18(20(7-2)27(4)26-19)13-25-21(23-8-3)24-12-15-9-10-17(22)11-16(15)14-28-5/h9-11H,6-8,12-14H2,1-5H3,(H2,23,24,25). The lowest BCUT2D eigenvalue weighted by Crippen LogP contribution is -2.37. The lowest BCUT2D eigenvalue weighted by molar-refractivity contribution is 0.625. The Balaban J connectivity index is 2.16. The zero-order valence-corrected chi connectivity index (χ0v) is 18.4. The third-order valence-corrected chi connectivity index (χ3v) is 5.28. The maximum absolute atomic E-state index is 13.6. The fourth-order valence-electron chi connectivity index (χ4n) is 3.31. The number of rotatable bonds is 9. The molecule has 1 aromatic heterocycles. The number of aromatic nitrogens is 2. The topological polar surface area (TPSA) is 54.2 Å². The molecule has 2 N–H and O–H groups in total. The van der Waals surface area contributed by atoms with Crippen LogP contribution in [0.5, 0.6) is 0 Å². The van der Waals surface area contributed by atoms with Crippen LogP contribution in [0, 0.1) is 5.82 Å². The van der Waals surface area contributed by atoms with Crippen LogP contribution in [0.25, 0.3) is 0 Å². The number of benzene rings is 1. The van der Waals surface area contributed by atoms with E-state index in [-0.39, 0.29) is 5.82 Å². The number of thioether (sulfide) groups is 1. The predicted molar refractivity (Wildman–Crippen MR) is 117 cm³/mol. The van der Waals surface area contributed by atoms with Crippen LogP contribution in [0.2, 0.25) is 0 Å². The summed E-state index contributed by atoms with van der Waals surface area (Å²) in [5.41, 5.74) is 5.69. The Morgan fingerprint density at radius 3 is 2.61 bits per heavy atom. The molecule has 1 aromatic carbocycles. The van der Waals surface area contributed by atoms with Crippen molar-refractivity contribution in [2.45, 2.75) is 52.5 Å². The molecule has 2 rings (SSSR count). The van der Waals surface area contributed by atoms with Crippen LogP contribution in [0.4, 0.5) is 4.39 Å². The summed E-state index contributed by atoms with van der Waals surface area (Å²) in [7, 11) is 2.00. The van der Waals surface area contributed by atoms with Gasteiger partial charge in [-0.3, -0.25) is 4.68 Å². The van der Waals surface area contributed by atoms with Crippen LogP contribution in [0.15, 0.2) is 23.2 Å². The Labute approximate surface area is 172 Å². The zero-order valence-electron chi connectivity index (χ0n) is 17.6. The van der Waals surface area contributed by atoms with Gasteiger partial charge in [0.25, 0.3) is 0 Å². The second-order valence-corrected chi connectivity index (χ2v) is 7.46. The van der Waals surface area contributed by atoms with Gasteiger partial charge in [-0.25, -0.2) is 9.38 Å². The first-order valence-electron chi connectivity index (χ1n) is 9.85. The van der Waals surface area contributed by atoms with Crippen molar-refractivity contribution < 1.29 is 4.39 Å².